The van der Waals surface area contributed by atoms with E-state index in [0.717, 1.165) is 0 Å². The van der Waals surface area contributed by atoms with Crippen molar-refractivity contribution in [2.75, 3.05) is 26.3 Å². The number of ether oxygens (including phenoxy) is 1. The fourth-order valence-corrected chi connectivity index (χ4v) is 1.38. The van der Waals surface area contributed by atoms with Gasteiger partial charge in [0.15, 0.2) is 0 Å². The van der Waals surface area contributed by atoms with Crippen LogP contribution in [0.2, 0.25) is 0 Å². The number of rotatable bonds is 5. The smallest absolute Gasteiger partial charge is 0.240 e. The van der Waals surface area contributed by atoms with Gasteiger partial charge in [-0.15, -0.1) is 0 Å². The molecule has 0 radical (unpaired) electrons. The van der Waals surface area contributed by atoms with Gasteiger partial charge in [-0.1, -0.05) is 5.11 Å². The zero-order valence-corrected chi connectivity index (χ0v) is 7.77. The molecule has 0 aromatic rings. The Hall–Kier alpha value is -1.30. The molecule has 0 spiro atoms. The highest BCUT2D eigenvalue weighted by Gasteiger charge is 2.39. The summed E-state index contributed by atoms with van der Waals surface area (Å²) in [5.74, 6) is -0.420. The van der Waals surface area contributed by atoms with Crippen LogP contribution in [-0.2, 0) is 9.53 Å². The molecule has 7 heteroatoms. The van der Waals surface area contributed by atoms with Gasteiger partial charge in [0, 0.05) is 31.0 Å². The molecular weight excluding hydrogens is 186 g/mol. The molecule has 7 nitrogen and oxygen atoms in total. The van der Waals surface area contributed by atoms with Gasteiger partial charge in [-0.05, 0) is 5.53 Å². The number of hydrogen-bond acceptors (Lipinski definition) is 4. The molecule has 0 aromatic heterocycles. The second-order valence-electron chi connectivity index (χ2n) is 3.13. The lowest BCUT2D eigenvalue weighted by molar-refractivity contribution is -0.124. The number of azide groups is 1. The normalized spacial score (nSPS) is 25.7. The molecule has 1 aliphatic heterocycles. The van der Waals surface area contributed by atoms with Crippen molar-refractivity contribution >= 4 is 5.91 Å². The van der Waals surface area contributed by atoms with Crippen molar-refractivity contribution in [3.05, 3.63) is 10.4 Å². The zero-order chi connectivity index (χ0) is 10.4. The molecule has 1 unspecified atom stereocenters. The number of hydrogen-bond donors (Lipinski definition) is 2. The van der Waals surface area contributed by atoms with Gasteiger partial charge in [-0.2, -0.15) is 0 Å². The highest BCUT2D eigenvalue weighted by atomic mass is 16.5. The van der Waals surface area contributed by atoms with Crippen LogP contribution < -0.4 is 11.1 Å². The maximum atomic E-state index is 11.2. The van der Waals surface area contributed by atoms with Crippen molar-refractivity contribution in [2.24, 2.45) is 10.8 Å². The minimum absolute atomic E-state index is 0.290. The molecule has 1 saturated heterocycles. The van der Waals surface area contributed by atoms with Crippen LogP contribution in [0.5, 0.6) is 0 Å². The first-order valence-electron chi connectivity index (χ1n) is 4.35. The maximum absolute atomic E-state index is 11.2. The van der Waals surface area contributed by atoms with E-state index in [4.69, 9.17) is 16.0 Å². The fourth-order valence-electron chi connectivity index (χ4n) is 1.38. The summed E-state index contributed by atoms with van der Waals surface area (Å²) in [7, 11) is 0. The van der Waals surface area contributed by atoms with E-state index in [1.807, 2.05) is 0 Å². The number of carbonyl (C=O) groups excluding carboxylic acids is 1. The molecule has 3 N–H and O–H groups in total. The van der Waals surface area contributed by atoms with Crippen molar-refractivity contribution in [2.45, 2.75) is 12.0 Å². The third kappa shape index (κ3) is 2.35. The Balaban J connectivity index is 2.44. The predicted molar refractivity (Wildman–Crippen MR) is 49.4 cm³/mol. The average Bonchev–Trinajstić information content (AvgIpc) is 2.62. The molecular formula is C7H13N5O2. The molecule has 1 heterocycles. The molecule has 1 aliphatic rings. The van der Waals surface area contributed by atoms with Crippen LogP contribution in [-0.4, -0.2) is 37.7 Å². The molecule has 1 fully saturated rings. The maximum Gasteiger partial charge on any atom is 0.240 e. The molecule has 0 saturated carbocycles. The Morgan fingerprint density at radius 3 is 3.07 bits per heavy atom. The lowest BCUT2D eigenvalue weighted by Gasteiger charge is -2.24. The van der Waals surface area contributed by atoms with Crippen molar-refractivity contribution < 1.29 is 9.53 Å². The summed E-state index contributed by atoms with van der Waals surface area (Å²) in [5, 5.41) is 6.31. The van der Waals surface area contributed by atoms with Crippen molar-refractivity contribution in [3.63, 3.8) is 0 Å². The lowest BCUT2D eigenvalue weighted by atomic mass is 9.98. The van der Waals surface area contributed by atoms with Gasteiger partial charge in [-0.25, -0.2) is 0 Å². The van der Waals surface area contributed by atoms with Crippen LogP contribution in [0.15, 0.2) is 5.11 Å². The quantitative estimate of drug-likeness (QED) is 0.270. The standard InChI is InChI=1S/C7H13N5O2/c8-6(13)7(1-4-14-5-7)10-2-3-11-12-9/h10H,1-5H2,(H2,8,13). The summed E-state index contributed by atoms with van der Waals surface area (Å²) >= 11 is 0. The van der Waals surface area contributed by atoms with Gasteiger partial charge in [0.2, 0.25) is 5.91 Å². The van der Waals surface area contributed by atoms with Crippen molar-refractivity contribution in [1.29, 1.82) is 0 Å². The Morgan fingerprint density at radius 2 is 2.57 bits per heavy atom. The second kappa shape index (κ2) is 4.80. The number of carbonyl (C=O) groups is 1. The van der Waals surface area contributed by atoms with Gasteiger partial charge in [0.1, 0.15) is 5.54 Å². The summed E-state index contributed by atoms with van der Waals surface area (Å²) in [6.07, 6.45) is 0.568. The largest absolute Gasteiger partial charge is 0.379 e. The topological polar surface area (TPSA) is 113 Å². The van der Waals surface area contributed by atoms with Crippen LogP contribution in [0.4, 0.5) is 0 Å². The summed E-state index contributed by atoms with van der Waals surface area (Å²) in [4.78, 5) is 13.8. The van der Waals surface area contributed by atoms with Gasteiger partial charge >= 0.3 is 0 Å². The van der Waals surface area contributed by atoms with Gasteiger partial charge < -0.3 is 15.8 Å². The monoisotopic (exact) mass is 199 g/mol. The molecule has 1 atom stereocenters. The first kappa shape index (κ1) is 10.8. The summed E-state index contributed by atoms with van der Waals surface area (Å²) in [6.45, 7) is 1.54. The number of amides is 1. The van der Waals surface area contributed by atoms with E-state index in [0.29, 0.717) is 32.7 Å². The van der Waals surface area contributed by atoms with Crippen LogP contribution in [0, 0.1) is 0 Å². The van der Waals surface area contributed by atoms with Gasteiger partial charge in [-0.3, -0.25) is 4.79 Å². The molecule has 0 aliphatic carbocycles. The number of primary amides is 1. The van der Waals surface area contributed by atoms with Crippen LogP contribution in [0.25, 0.3) is 10.4 Å². The first-order valence-corrected chi connectivity index (χ1v) is 4.35. The summed E-state index contributed by atoms with van der Waals surface area (Å²) in [5.41, 5.74) is 12.5. The van der Waals surface area contributed by atoms with Crippen molar-refractivity contribution in [1.82, 2.24) is 5.32 Å². The molecule has 1 amide bonds. The Bertz CT molecular complexity index is 255. The highest BCUT2D eigenvalue weighted by molar-refractivity contribution is 5.85. The van der Waals surface area contributed by atoms with E-state index in [-0.39, 0.29) is 0 Å². The zero-order valence-electron chi connectivity index (χ0n) is 7.77. The average molecular weight is 199 g/mol. The van der Waals surface area contributed by atoms with Crippen LogP contribution in [0.1, 0.15) is 6.42 Å². The van der Waals surface area contributed by atoms with Gasteiger partial charge in [0.25, 0.3) is 0 Å². The van der Waals surface area contributed by atoms with E-state index in [1.54, 1.807) is 0 Å². The number of nitrogens with one attached hydrogen (secondary N) is 1. The molecule has 0 bridgehead atoms. The number of nitrogens with two attached hydrogens (primary N) is 1. The third-order valence-electron chi connectivity index (χ3n) is 2.23. The molecule has 1 rings (SSSR count). The Kier molecular flexibility index (Phi) is 3.70. The van der Waals surface area contributed by atoms with Crippen LogP contribution in [0.3, 0.4) is 0 Å². The predicted octanol–water partition coefficient (Wildman–Crippen LogP) is -0.469. The highest BCUT2D eigenvalue weighted by Crippen LogP contribution is 2.17. The van der Waals surface area contributed by atoms with E-state index in [9.17, 15) is 4.79 Å². The first-order chi connectivity index (χ1) is 6.71. The third-order valence-corrected chi connectivity index (χ3v) is 2.23. The lowest BCUT2D eigenvalue weighted by Crippen LogP contribution is -2.56. The SMILES string of the molecule is [N-]=[N+]=NCCNC1(C(N)=O)CCOC1. The molecule has 0 aromatic carbocycles. The molecule has 78 valence electrons. The number of nitrogens with zero attached hydrogens (tertiary/aromatic N) is 3. The van der Waals surface area contributed by atoms with Crippen molar-refractivity contribution in [3.8, 4) is 0 Å². The molecule has 14 heavy (non-hydrogen) atoms. The minimum Gasteiger partial charge on any atom is -0.379 e. The van der Waals surface area contributed by atoms with E-state index >= 15 is 0 Å². The Labute approximate surface area is 81.2 Å². The van der Waals surface area contributed by atoms with E-state index in [2.05, 4.69) is 15.3 Å². The summed E-state index contributed by atoms with van der Waals surface area (Å²) < 4.78 is 5.11. The fraction of sp³-hybridized carbons (Fsp3) is 0.857. The van der Waals surface area contributed by atoms with E-state index < -0.39 is 11.4 Å². The minimum atomic E-state index is -0.773. The van der Waals surface area contributed by atoms with E-state index in [1.165, 1.54) is 0 Å². The Morgan fingerprint density at radius 1 is 1.79 bits per heavy atom. The summed E-state index contributed by atoms with van der Waals surface area (Å²) in [6, 6.07) is 0. The van der Waals surface area contributed by atoms with Crippen LogP contribution >= 0.6 is 0 Å². The second-order valence-corrected chi connectivity index (χ2v) is 3.13. The van der Waals surface area contributed by atoms with Gasteiger partial charge in [0.05, 0.1) is 6.61 Å².